The Morgan fingerprint density at radius 2 is 1.67 bits per heavy atom. The summed E-state index contributed by atoms with van der Waals surface area (Å²) in [6.45, 7) is 2.59. The molecule has 36 heavy (non-hydrogen) atoms. The fourth-order valence-electron chi connectivity index (χ4n) is 4.13. The van der Waals surface area contributed by atoms with E-state index in [0.717, 1.165) is 16.8 Å². The molecule has 2 aromatic heterocycles. The van der Waals surface area contributed by atoms with Gasteiger partial charge in [-0.25, -0.2) is 4.68 Å². The van der Waals surface area contributed by atoms with E-state index in [9.17, 15) is 27.6 Å². The topological polar surface area (TPSA) is 88.4 Å². The van der Waals surface area contributed by atoms with Crippen LogP contribution in [0.5, 0.6) is 0 Å². The molecule has 1 aliphatic rings. The van der Waals surface area contributed by atoms with E-state index >= 15 is 0 Å². The fraction of sp³-hybridized carbons (Fsp3) is 0.320. The zero-order valence-electron chi connectivity index (χ0n) is 19.5. The molecule has 188 valence electrons. The van der Waals surface area contributed by atoms with Crippen LogP contribution in [0.25, 0.3) is 5.69 Å². The minimum Gasteiger partial charge on any atom is -0.341 e. The van der Waals surface area contributed by atoms with Crippen molar-refractivity contribution in [2.75, 3.05) is 26.2 Å². The molecule has 0 saturated carbocycles. The maximum Gasteiger partial charge on any atom is 0.418 e. The Morgan fingerprint density at radius 3 is 2.39 bits per heavy atom. The van der Waals surface area contributed by atoms with Crippen molar-refractivity contribution < 1.29 is 22.8 Å². The Hall–Kier alpha value is -4.02. The molecular weight excluding hydrogens is 475 g/mol. The molecule has 0 unspecified atom stereocenters. The van der Waals surface area contributed by atoms with Crippen LogP contribution in [0.4, 0.5) is 13.2 Å². The van der Waals surface area contributed by atoms with Gasteiger partial charge in [0, 0.05) is 49.8 Å². The van der Waals surface area contributed by atoms with Gasteiger partial charge in [-0.05, 0) is 37.6 Å². The summed E-state index contributed by atoms with van der Waals surface area (Å²) in [6.07, 6.45) is -2.41. The largest absolute Gasteiger partial charge is 0.418 e. The average molecular weight is 499 g/mol. The number of carbonyl (C=O) groups is 2. The van der Waals surface area contributed by atoms with Gasteiger partial charge >= 0.3 is 6.18 Å². The van der Waals surface area contributed by atoms with Crippen LogP contribution in [-0.4, -0.2) is 62.6 Å². The quantitative estimate of drug-likeness (QED) is 0.551. The number of alkyl halides is 3. The maximum absolute atomic E-state index is 13.6. The van der Waals surface area contributed by atoms with Gasteiger partial charge in [-0.1, -0.05) is 18.2 Å². The number of benzene rings is 1. The van der Waals surface area contributed by atoms with Crippen molar-refractivity contribution >= 4 is 11.8 Å². The number of para-hydroxylation sites is 1. The lowest BCUT2D eigenvalue weighted by atomic mass is 10.1. The molecule has 0 radical (unpaired) electrons. The van der Waals surface area contributed by atoms with Gasteiger partial charge in [-0.15, -0.1) is 0 Å². The van der Waals surface area contributed by atoms with Gasteiger partial charge in [0.1, 0.15) is 0 Å². The maximum atomic E-state index is 13.6. The molecule has 3 heterocycles. The van der Waals surface area contributed by atoms with Crippen LogP contribution >= 0.6 is 0 Å². The molecule has 0 bridgehead atoms. The predicted octanol–water partition coefficient (Wildman–Crippen LogP) is 2.87. The number of hydrogen-bond donors (Lipinski definition) is 0. The van der Waals surface area contributed by atoms with Crippen molar-refractivity contribution in [1.29, 1.82) is 0 Å². The lowest BCUT2D eigenvalue weighted by Crippen LogP contribution is -2.40. The summed E-state index contributed by atoms with van der Waals surface area (Å²) < 4.78 is 41.7. The van der Waals surface area contributed by atoms with Crippen LogP contribution in [0.1, 0.15) is 33.9 Å². The van der Waals surface area contributed by atoms with Crippen molar-refractivity contribution in [3.8, 4) is 5.69 Å². The smallest absolute Gasteiger partial charge is 0.341 e. The molecule has 3 aromatic rings. The summed E-state index contributed by atoms with van der Waals surface area (Å²) in [5.41, 5.74) is -1.55. The number of pyridine rings is 1. The van der Waals surface area contributed by atoms with Crippen LogP contribution in [0.2, 0.25) is 0 Å². The molecule has 1 aliphatic heterocycles. The number of halogens is 3. The van der Waals surface area contributed by atoms with Crippen LogP contribution in [0.3, 0.4) is 0 Å². The number of aryl methyl sites for hydroxylation is 1. The minimum absolute atomic E-state index is 0.123. The van der Waals surface area contributed by atoms with Gasteiger partial charge in [0.15, 0.2) is 5.69 Å². The first kappa shape index (κ1) is 25.1. The lowest BCUT2D eigenvalue weighted by Gasteiger charge is -2.22. The van der Waals surface area contributed by atoms with Gasteiger partial charge < -0.3 is 9.80 Å². The Bertz CT molecular complexity index is 1320. The summed E-state index contributed by atoms with van der Waals surface area (Å²) in [7, 11) is 0. The van der Waals surface area contributed by atoms with Gasteiger partial charge in [0.25, 0.3) is 5.91 Å². The highest BCUT2D eigenvalue weighted by Gasteiger charge is 2.34. The predicted molar refractivity (Wildman–Crippen MR) is 125 cm³/mol. The molecule has 8 nitrogen and oxygen atoms in total. The van der Waals surface area contributed by atoms with E-state index in [1.165, 1.54) is 30.0 Å². The van der Waals surface area contributed by atoms with E-state index in [2.05, 4.69) is 10.1 Å². The molecule has 0 spiro atoms. The lowest BCUT2D eigenvalue weighted by molar-refractivity contribution is -0.137. The number of carbonyl (C=O) groups excluding carboxylic acids is 2. The molecule has 1 fully saturated rings. The van der Waals surface area contributed by atoms with Crippen LogP contribution in [0, 0.1) is 6.92 Å². The number of hydrogen-bond acceptors (Lipinski definition) is 5. The third kappa shape index (κ3) is 5.45. The highest BCUT2D eigenvalue weighted by molar-refractivity contribution is 5.92. The average Bonchev–Trinajstić information content (AvgIpc) is 3.10. The minimum atomic E-state index is -4.64. The van der Waals surface area contributed by atoms with Crippen LogP contribution < -0.4 is 5.43 Å². The molecule has 1 aromatic carbocycles. The van der Waals surface area contributed by atoms with E-state index < -0.39 is 28.8 Å². The molecule has 2 amide bonds. The number of amides is 2. The van der Waals surface area contributed by atoms with Gasteiger partial charge in [-0.2, -0.15) is 18.3 Å². The molecule has 0 aliphatic carbocycles. The third-order valence-electron chi connectivity index (χ3n) is 5.94. The number of aromatic nitrogens is 3. The Kier molecular flexibility index (Phi) is 7.18. The van der Waals surface area contributed by atoms with Gasteiger partial charge in [0.05, 0.1) is 17.7 Å². The zero-order valence-corrected chi connectivity index (χ0v) is 19.5. The third-order valence-corrected chi connectivity index (χ3v) is 5.94. The molecule has 11 heteroatoms. The van der Waals surface area contributed by atoms with E-state index in [1.54, 1.807) is 29.3 Å². The second kappa shape index (κ2) is 10.3. The first-order chi connectivity index (χ1) is 17.1. The first-order valence-corrected chi connectivity index (χ1v) is 11.4. The van der Waals surface area contributed by atoms with E-state index in [4.69, 9.17) is 0 Å². The van der Waals surface area contributed by atoms with Crippen LogP contribution in [0.15, 0.2) is 59.5 Å². The molecular formula is C25H24F3N5O3. The summed E-state index contributed by atoms with van der Waals surface area (Å²) in [5.74, 6) is -0.806. The second-order valence-corrected chi connectivity index (χ2v) is 8.45. The summed E-state index contributed by atoms with van der Waals surface area (Å²) in [6, 6.07) is 11.3. The monoisotopic (exact) mass is 499 g/mol. The number of rotatable bonds is 4. The Balaban J connectivity index is 1.55. The van der Waals surface area contributed by atoms with Crippen molar-refractivity contribution in [1.82, 2.24) is 24.6 Å². The van der Waals surface area contributed by atoms with Gasteiger partial charge in [-0.3, -0.25) is 19.4 Å². The van der Waals surface area contributed by atoms with Crippen molar-refractivity contribution in [3.63, 3.8) is 0 Å². The van der Waals surface area contributed by atoms with E-state index in [-0.39, 0.29) is 43.3 Å². The van der Waals surface area contributed by atoms with Crippen molar-refractivity contribution in [2.24, 2.45) is 0 Å². The fourth-order valence-corrected chi connectivity index (χ4v) is 4.13. The normalized spacial score (nSPS) is 14.4. The molecule has 4 rings (SSSR count). The standard InChI is InChI=1S/C25H24F3N5O3/c1-17-15-21(34)23(30-33(17)20-9-3-2-8-19(20)25(26,27)28)24(36)32-12-6-11-31(13-14-32)22(35)16-18-7-4-5-10-29-18/h2-5,7-10,15H,6,11-14,16H2,1H3. The second-order valence-electron chi connectivity index (χ2n) is 8.45. The SMILES string of the molecule is Cc1cc(=O)c(C(=O)N2CCCN(C(=O)Cc3ccccn3)CC2)nn1-c1ccccc1C(F)(F)F. The molecule has 0 N–H and O–H groups in total. The van der Waals surface area contributed by atoms with Crippen molar-refractivity contribution in [2.45, 2.75) is 25.9 Å². The molecule has 0 atom stereocenters. The van der Waals surface area contributed by atoms with Crippen LogP contribution in [-0.2, 0) is 17.4 Å². The van der Waals surface area contributed by atoms with Gasteiger partial charge in [0.2, 0.25) is 11.3 Å². The summed E-state index contributed by atoms with van der Waals surface area (Å²) in [4.78, 5) is 45.8. The zero-order chi connectivity index (χ0) is 25.9. The van der Waals surface area contributed by atoms with E-state index in [0.29, 0.717) is 18.7 Å². The molecule has 1 saturated heterocycles. The highest BCUT2D eigenvalue weighted by Crippen LogP contribution is 2.33. The summed E-state index contributed by atoms with van der Waals surface area (Å²) in [5, 5.41) is 4.06. The Morgan fingerprint density at radius 1 is 0.972 bits per heavy atom. The highest BCUT2D eigenvalue weighted by atomic mass is 19.4. The number of nitrogens with zero attached hydrogens (tertiary/aromatic N) is 5. The van der Waals surface area contributed by atoms with E-state index in [1.807, 2.05) is 0 Å². The summed E-state index contributed by atoms with van der Waals surface area (Å²) >= 11 is 0. The Labute approximate surface area is 205 Å². The first-order valence-electron chi connectivity index (χ1n) is 11.4. The van der Waals surface area contributed by atoms with Crippen molar-refractivity contribution in [3.05, 3.63) is 87.6 Å².